The SMILES string of the molecule is Cc1cnc(CNCCCCc2ccccc2)o1. The van der Waals surface area contributed by atoms with Gasteiger partial charge in [0.2, 0.25) is 5.89 Å². The summed E-state index contributed by atoms with van der Waals surface area (Å²) in [7, 11) is 0. The van der Waals surface area contributed by atoms with Gasteiger partial charge in [-0.3, -0.25) is 0 Å². The van der Waals surface area contributed by atoms with E-state index < -0.39 is 0 Å². The first kappa shape index (κ1) is 12.8. The van der Waals surface area contributed by atoms with E-state index in [1.54, 1.807) is 6.20 Å². The Bertz CT molecular complexity index is 451. The van der Waals surface area contributed by atoms with Crippen LogP contribution in [-0.4, -0.2) is 11.5 Å². The van der Waals surface area contributed by atoms with Gasteiger partial charge in [-0.25, -0.2) is 4.98 Å². The molecule has 3 heteroatoms. The van der Waals surface area contributed by atoms with Gasteiger partial charge < -0.3 is 9.73 Å². The zero-order chi connectivity index (χ0) is 12.6. The van der Waals surface area contributed by atoms with E-state index in [0.29, 0.717) is 0 Å². The standard InChI is InChI=1S/C15H20N2O/c1-13-11-17-15(18-13)12-16-10-6-5-9-14-7-3-2-4-8-14/h2-4,7-8,11,16H,5-6,9-10,12H2,1H3. The first-order chi connectivity index (χ1) is 8.84. The molecule has 1 N–H and O–H groups in total. The minimum atomic E-state index is 0.721. The largest absolute Gasteiger partial charge is 0.445 e. The Labute approximate surface area is 108 Å². The third kappa shape index (κ3) is 4.34. The van der Waals surface area contributed by atoms with Gasteiger partial charge in [-0.15, -0.1) is 0 Å². The molecule has 0 atom stereocenters. The minimum Gasteiger partial charge on any atom is -0.445 e. The number of rotatable bonds is 7. The lowest BCUT2D eigenvalue weighted by Gasteiger charge is -2.03. The predicted molar refractivity (Wildman–Crippen MR) is 72.3 cm³/mol. The molecule has 2 aromatic rings. The van der Waals surface area contributed by atoms with Crippen LogP contribution in [-0.2, 0) is 13.0 Å². The van der Waals surface area contributed by atoms with Crippen molar-refractivity contribution in [2.24, 2.45) is 0 Å². The highest BCUT2D eigenvalue weighted by molar-refractivity contribution is 5.14. The van der Waals surface area contributed by atoms with E-state index in [9.17, 15) is 0 Å². The number of unbranched alkanes of at least 4 members (excludes halogenated alkanes) is 1. The number of benzene rings is 1. The first-order valence-electron chi connectivity index (χ1n) is 6.50. The first-order valence-corrected chi connectivity index (χ1v) is 6.50. The van der Waals surface area contributed by atoms with Crippen LogP contribution < -0.4 is 5.32 Å². The maximum atomic E-state index is 5.39. The maximum absolute atomic E-state index is 5.39. The van der Waals surface area contributed by atoms with E-state index in [0.717, 1.165) is 31.2 Å². The van der Waals surface area contributed by atoms with Gasteiger partial charge in [-0.1, -0.05) is 30.3 Å². The van der Waals surface area contributed by atoms with Crippen LogP contribution in [0.25, 0.3) is 0 Å². The van der Waals surface area contributed by atoms with Gasteiger partial charge in [0, 0.05) is 0 Å². The van der Waals surface area contributed by atoms with E-state index in [1.165, 1.54) is 18.4 Å². The second-order valence-corrected chi connectivity index (χ2v) is 4.48. The van der Waals surface area contributed by atoms with Crippen LogP contribution in [0.2, 0.25) is 0 Å². The highest BCUT2D eigenvalue weighted by Gasteiger charge is 1.99. The van der Waals surface area contributed by atoms with E-state index in [1.807, 2.05) is 6.92 Å². The highest BCUT2D eigenvalue weighted by Crippen LogP contribution is 2.04. The molecular weight excluding hydrogens is 224 g/mol. The zero-order valence-corrected chi connectivity index (χ0v) is 10.9. The smallest absolute Gasteiger partial charge is 0.208 e. The van der Waals surface area contributed by atoms with Crippen molar-refractivity contribution >= 4 is 0 Å². The monoisotopic (exact) mass is 244 g/mol. The predicted octanol–water partition coefficient (Wildman–Crippen LogP) is 3.10. The summed E-state index contributed by atoms with van der Waals surface area (Å²) in [6, 6.07) is 10.6. The van der Waals surface area contributed by atoms with Gasteiger partial charge in [0.05, 0.1) is 12.7 Å². The number of aryl methyl sites for hydroxylation is 2. The van der Waals surface area contributed by atoms with Gasteiger partial charge in [-0.05, 0) is 38.3 Å². The summed E-state index contributed by atoms with van der Waals surface area (Å²) < 4.78 is 5.39. The molecule has 18 heavy (non-hydrogen) atoms. The maximum Gasteiger partial charge on any atom is 0.208 e. The molecule has 0 bridgehead atoms. The Morgan fingerprint density at radius 2 is 2.00 bits per heavy atom. The average Bonchev–Trinajstić information content (AvgIpc) is 2.81. The summed E-state index contributed by atoms with van der Waals surface area (Å²) in [6.45, 7) is 3.64. The number of hydrogen-bond donors (Lipinski definition) is 1. The summed E-state index contributed by atoms with van der Waals surface area (Å²) in [6.07, 6.45) is 5.29. The molecule has 0 aliphatic carbocycles. The average molecular weight is 244 g/mol. The van der Waals surface area contributed by atoms with E-state index in [-0.39, 0.29) is 0 Å². The lowest BCUT2D eigenvalue weighted by Crippen LogP contribution is -2.15. The number of oxazole rings is 1. The van der Waals surface area contributed by atoms with Gasteiger partial charge in [0.15, 0.2) is 0 Å². The van der Waals surface area contributed by atoms with Crippen LogP contribution >= 0.6 is 0 Å². The molecule has 3 nitrogen and oxygen atoms in total. The molecule has 0 aliphatic rings. The van der Waals surface area contributed by atoms with Gasteiger partial charge >= 0.3 is 0 Å². The fraction of sp³-hybridized carbons (Fsp3) is 0.400. The van der Waals surface area contributed by atoms with Crippen LogP contribution in [0.5, 0.6) is 0 Å². The molecule has 1 aromatic heterocycles. The number of hydrogen-bond acceptors (Lipinski definition) is 3. The van der Waals surface area contributed by atoms with Crippen molar-refractivity contribution in [3.8, 4) is 0 Å². The molecule has 1 heterocycles. The molecule has 0 saturated heterocycles. The van der Waals surface area contributed by atoms with E-state index in [2.05, 4.69) is 40.6 Å². The summed E-state index contributed by atoms with van der Waals surface area (Å²) in [4.78, 5) is 4.15. The molecule has 0 unspecified atom stereocenters. The van der Waals surface area contributed by atoms with E-state index >= 15 is 0 Å². The van der Waals surface area contributed by atoms with Gasteiger partial charge in [-0.2, -0.15) is 0 Å². The second-order valence-electron chi connectivity index (χ2n) is 4.48. The molecule has 96 valence electrons. The number of nitrogens with one attached hydrogen (secondary N) is 1. The Morgan fingerprint density at radius 3 is 2.72 bits per heavy atom. The van der Waals surface area contributed by atoms with Crippen molar-refractivity contribution in [3.05, 3.63) is 53.7 Å². The molecule has 0 spiro atoms. The topological polar surface area (TPSA) is 38.1 Å². The van der Waals surface area contributed by atoms with Crippen LogP contribution in [0.1, 0.15) is 30.1 Å². The third-order valence-corrected chi connectivity index (χ3v) is 2.86. The lowest BCUT2D eigenvalue weighted by atomic mass is 10.1. The molecule has 0 radical (unpaired) electrons. The normalized spacial score (nSPS) is 10.7. The van der Waals surface area contributed by atoms with E-state index in [4.69, 9.17) is 4.42 Å². The Kier molecular flexibility index (Phi) is 4.97. The quantitative estimate of drug-likeness (QED) is 0.761. The zero-order valence-electron chi connectivity index (χ0n) is 10.9. The Hall–Kier alpha value is -1.61. The highest BCUT2D eigenvalue weighted by atomic mass is 16.4. The molecular formula is C15H20N2O. The van der Waals surface area contributed by atoms with Gasteiger partial charge in [0.1, 0.15) is 5.76 Å². The van der Waals surface area contributed by atoms with Crippen molar-refractivity contribution in [1.29, 1.82) is 0 Å². The van der Waals surface area contributed by atoms with Crippen LogP contribution in [0.15, 0.2) is 40.9 Å². The van der Waals surface area contributed by atoms with Crippen molar-refractivity contribution in [2.45, 2.75) is 32.7 Å². The van der Waals surface area contributed by atoms with Crippen LogP contribution in [0.4, 0.5) is 0 Å². The van der Waals surface area contributed by atoms with Crippen molar-refractivity contribution in [2.75, 3.05) is 6.54 Å². The number of nitrogens with zero attached hydrogens (tertiary/aromatic N) is 1. The minimum absolute atomic E-state index is 0.721. The summed E-state index contributed by atoms with van der Waals surface area (Å²) in [5.41, 5.74) is 1.42. The van der Waals surface area contributed by atoms with Crippen LogP contribution in [0, 0.1) is 6.92 Å². The van der Waals surface area contributed by atoms with Crippen molar-refractivity contribution in [3.63, 3.8) is 0 Å². The molecule has 0 aliphatic heterocycles. The summed E-state index contributed by atoms with van der Waals surface area (Å²) in [5.74, 6) is 1.64. The molecule has 2 rings (SSSR count). The second kappa shape index (κ2) is 6.97. The Morgan fingerprint density at radius 1 is 1.17 bits per heavy atom. The lowest BCUT2D eigenvalue weighted by molar-refractivity contribution is 0.447. The molecule has 1 aromatic carbocycles. The van der Waals surface area contributed by atoms with Crippen LogP contribution in [0.3, 0.4) is 0 Å². The van der Waals surface area contributed by atoms with Gasteiger partial charge in [0.25, 0.3) is 0 Å². The molecule has 0 fully saturated rings. The summed E-state index contributed by atoms with van der Waals surface area (Å²) in [5, 5.41) is 3.35. The van der Waals surface area contributed by atoms with Crippen molar-refractivity contribution < 1.29 is 4.42 Å². The fourth-order valence-corrected chi connectivity index (χ4v) is 1.90. The fourth-order valence-electron chi connectivity index (χ4n) is 1.90. The molecule has 0 amide bonds. The summed E-state index contributed by atoms with van der Waals surface area (Å²) >= 11 is 0. The Balaban J connectivity index is 1.54. The van der Waals surface area contributed by atoms with Crippen molar-refractivity contribution in [1.82, 2.24) is 10.3 Å². The number of aromatic nitrogens is 1. The molecule has 0 saturated carbocycles. The third-order valence-electron chi connectivity index (χ3n) is 2.86.